The van der Waals surface area contributed by atoms with Gasteiger partial charge < -0.3 is 15.3 Å². The molecule has 16 heavy (non-hydrogen) atoms. The van der Waals surface area contributed by atoms with Crippen molar-refractivity contribution < 1.29 is 14.7 Å². The van der Waals surface area contributed by atoms with Crippen molar-refractivity contribution in [3.63, 3.8) is 0 Å². The highest BCUT2D eigenvalue weighted by Gasteiger charge is 2.10. The number of nitrogens with one attached hydrogen (secondary N) is 2. The van der Waals surface area contributed by atoms with E-state index in [2.05, 4.69) is 20.5 Å². The third-order valence-corrected chi connectivity index (χ3v) is 1.82. The Hall–Kier alpha value is -2.12. The molecule has 0 bridgehead atoms. The quantitative estimate of drug-likeness (QED) is 0.602. The SMILES string of the molecule is CN(CC(=O)O)C(=O)NCCc1ncn[nH]1. The number of urea groups is 1. The van der Waals surface area contributed by atoms with E-state index in [1.807, 2.05) is 0 Å². The number of carboxylic acids is 1. The fourth-order valence-electron chi connectivity index (χ4n) is 1.05. The summed E-state index contributed by atoms with van der Waals surface area (Å²) in [5.41, 5.74) is 0. The molecule has 0 saturated heterocycles. The van der Waals surface area contributed by atoms with Crippen LogP contribution in [0.3, 0.4) is 0 Å². The van der Waals surface area contributed by atoms with E-state index < -0.39 is 12.0 Å². The van der Waals surface area contributed by atoms with Gasteiger partial charge in [-0.1, -0.05) is 0 Å². The standard InChI is InChI=1S/C8H13N5O3/c1-13(4-7(14)15)8(16)9-3-2-6-10-5-11-12-6/h5H,2-4H2,1H3,(H,9,16)(H,14,15)(H,10,11,12). The average molecular weight is 227 g/mol. The van der Waals surface area contributed by atoms with Crippen molar-refractivity contribution in [1.29, 1.82) is 0 Å². The van der Waals surface area contributed by atoms with Crippen LogP contribution in [0.4, 0.5) is 4.79 Å². The van der Waals surface area contributed by atoms with Gasteiger partial charge in [0, 0.05) is 20.0 Å². The summed E-state index contributed by atoms with van der Waals surface area (Å²) in [4.78, 5) is 26.6. The molecule has 0 aliphatic carbocycles. The van der Waals surface area contributed by atoms with E-state index in [1.165, 1.54) is 13.4 Å². The maximum atomic E-state index is 11.3. The van der Waals surface area contributed by atoms with Crippen molar-refractivity contribution in [2.75, 3.05) is 20.1 Å². The molecule has 1 aromatic heterocycles. The molecule has 1 heterocycles. The van der Waals surface area contributed by atoms with Gasteiger partial charge in [0.1, 0.15) is 18.7 Å². The predicted molar refractivity (Wildman–Crippen MR) is 53.8 cm³/mol. The molecule has 8 heteroatoms. The summed E-state index contributed by atoms with van der Waals surface area (Å²) < 4.78 is 0. The van der Waals surface area contributed by atoms with E-state index in [-0.39, 0.29) is 6.54 Å². The predicted octanol–water partition coefficient (Wildman–Crippen LogP) is -0.927. The van der Waals surface area contributed by atoms with Crippen molar-refractivity contribution in [3.05, 3.63) is 12.2 Å². The molecule has 2 amide bonds. The van der Waals surface area contributed by atoms with Gasteiger partial charge in [-0.25, -0.2) is 9.78 Å². The molecule has 88 valence electrons. The van der Waals surface area contributed by atoms with E-state index in [4.69, 9.17) is 5.11 Å². The van der Waals surface area contributed by atoms with Gasteiger partial charge in [0.2, 0.25) is 0 Å². The molecule has 0 aliphatic rings. The first-order valence-corrected chi connectivity index (χ1v) is 4.64. The number of carbonyl (C=O) groups is 2. The summed E-state index contributed by atoms with van der Waals surface area (Å²) in [5, 5.41) is 17.3. The van der Waals surface area contributed by atoms with Crippen LogP contribution < -0.4 is 5.32 Å². The minimum Gasteiger partial charge on any atom is -0.480 e. The first-order chi connectivity index (χ1) is 7.59. The van der Waals surface area contributed by atoms with Gasteiger partial charge in [-0.15, -0.1) is 0 Å². The van der Waals surface area contributed by atoms with Gasteiger partial charge in [-0.2, -0.15) is 5.10 Å². The summed E-state index contributed by atoms with van der Waals surface area (Å²) in [6, 6.07) is -0.429. The van der Waals surface area contributed by atoms with Crippen LogP contribution in [0.5, 0.6) is 0 Å². The molecule has 0 spiro atoms. The zero-order valence-electron chi connectivity index (χ0n) is 8.80. The minimum absolute atomic E-state index is 0.325. The summed E-state index contributed by atoms with van der Waals surface area (Å²) in [7, 11) is 1.41. The van der Waals surface area contributed by atoms with Crippen molar-refractivity contribution >= 4 is 12.0 Å². The number of H-pyrrole nitrogens is 1. The van der Waals surface area contributed by atoms with Crippen LogP contribution in [0.15, 0.2) is 6.33 Å². The monoisotopic (exact) mass is 227 g/mol. The summed E-state index contributed by atoms with van der Waals surface area (Å²) >= 11 is 0. The molecule has 1 aromatic rings. The minimum atomic E-state index is -1.05. The van der Waals surface area contributed by atoms with Crippen LogP contribution >= 0.6 is 0 Å². The molecular weight excluding hydrogens is 214 g/mol. The second-order valence-corrected chi connectivity index (χ2v) is 3.16. The normalized spacial score (nSPS) is 9.81. The number of hydrogen-bond acceptors (Lipinski definition) is 4. The third-order valence-electron chi connectivity index (χ3n) is 1.82. The Kier molecular flexibility index (Phi) is 4.25. The molecule has 0 aromatic carbocycles. The first-order valence-electron chi connectivity index (χ1n) is 4.64. The van der Waals surface area contributed by atoms with E-state index in [1.54, 1.807) is 0 Å². The maximum absolute atomic E-state index is 11.3. The Labute approximate surface area is 91.7 Å². The highest BCUT2D eigenvalue weighted by molar-refractivity contribution is 5.79. The lowest BCUT2D eigenvalue weighted by Crippen LogP contribution is -2.40. The molecule has 0 atom stereocenters. The number of carbonyl (C=O) groups excluding carboxylic acids is 1. The summed E-state index contributed by atoms with van der Waals surface area (Å²) in [6.07, 6.45) is 1.90. The van der Waals surface area contributed by atoms with E-state index in [9.17, 15) is 9.59 Å². The van der Waals surface area contributed by atoms with Crippen molar-refractivity contribution in [2.24, 2.45) is 0 Å². The number of amides is 2. The second-order valence-electron chi connectivity index (χ2n) is 3.16. The van der Waals surface area contributed by atoms with E-state index >= 15 is 0 Å². The Morgan fingerprint density at radius 3 is 2.94 bits per heavy atom. The van der Waals surface area contributed by atoms with Crippen LogP contribution in [-0.2, 0) is 11.2 Å². The zero-order chi connectivity index (χ0) is 12.0. The Bertz CT molecular complexity index is 351. The molecular formula is C8H13N5O3. The highest BCUT2D eigenvalue weighted by Crippen LogP contribution is 1.88. The van der Waals surface area contributed by atoms with Gasteiger partial charge in [0.05, 0.1) is 0 Å². The first kappa shape index (κ1) is 12.0. The Balaban J connectivity index is 2.22. The second kappa shape index (κ2) is 5.69. The van der Waals surface area contributed by atoms with Gasteiger partial charge >= 0.3 is 12.0 Å². The van der Waals surface area contributed by atoms with Crippen molar-refractivity contribution in [2.45, 2.75) is 6.42 Å². The van der Waals surface area contributed by atoms with E-state index in [0.29, 0.717) is 18.8 Å². The number of aromatic nitrogens is 3. The molecule has 0 radical (unpaired) electrons. The Morgan fingerprint density at radius 1 is 1.62 bits per heavy atom. The molecule has 0 unspecified atom stereocenters. The highest BCUT2D eigenvalue weighted by atomic mass is 16.4. The van der Waals surface area contributed by atoms with Crippen LogP contribution in [0.2, 0.25) is 0 Å². The lowest BCUT2D eigenvalue weighted by molar-refractivity contribution is -0.137. The van der Waals surface area contributed by atoms with Gasteiger partial charge in [-0.05, 0) is 0 Å². The van der Waals surface area contributed by atoms with Crippen LogP contribution in [0.1, 0.15) is 5.82 Å². The fourth-order valence-corrected chi connectivity index (χ4v) is 1.05. The fraction of sp³-hybridized carbons (Fsp3) is 0.500. The summed E-state index contributed by atoms with van der Waals surface area (Å²) in [6.45, 7) is 0.0477. The largest absolute Gasteiger partial charge is 0.480 e. The number of aromatic amines is 1. The molecule has 8 nitrogen and oxygen atoms in total. The number of hydrogen-bond donors (Lipinski definition) is 3. The maximum Gasteiger partial charge on any atom is 0.323 e. The summed E-state index contributed by atoms with van der Waals surface area (Å²) in [5.74, 6) is -0.380. The van der Waals surface area contributed by atoms with Gasteiger partial charge in [0.25, 0.3) is 0 Å². The molecule has 0 fully saturated rings. The smallest absolute Gasteiger partial charge is 0.323 e. The lowest BCUT2D eigenvalue weighted by atomic mass is 10.4. The van der Waals surface area contributed by atoms with Gasteiger partial charge in [-0.3, -0.25) is 9.89 Å². The van der Waals surface area contributed by atoms with Crippen LogP contribution in [0.25, 0.3) is 0 Å². The molecule has 0 saturated carbocycles. The molecule has 1 rings (SSSR count). The molecule has 3 N–H and O–H groups in total. The Morgan fingerprint density at radius 2 is 2.38 bits per heavy atom. The number of carboxylic acid groups (broad SMARTS) is 1. The van der Waals surface area contributed by atoms with Crippen LogP contribution in [0, 0.1) is 0 Å². The average Bonchev–Trinajstić information content (AvgIpc) is 2.69. The van der Waals surface area contributed by atoms with E-state index in [0.717, 1.165) is 4.90 Å². The van der Waals surface area contributed by atoms with Crippen molar-refractivity contribution in [3.8, 4) is 0 Å². The number of rotatable bonds is 5. The van der Waals surface area contributed by atoms with Crippen LogP contribution in [-0.4, -0.2) is 57.3 Å². The third kappa shape index (κ3) is 3.95. The lowest BCUT2D eigenvalue weighted by Gasteiger charge is -2.14. The molecule has 0 aliphatic heterocycles. The zero-order valence-corrected chi connectivity index (χ0v) is 8.80. The number of likely N-dealkylation sites (N-methyl/N-ethyl adjacent to an activating group) is 1. The van der Waals surface area contributed by atoms with Crippen molar-refractivity contribution in [1.82, 2.24) is 25.4 Å². The topological polar surface area (TPSA) is 111 Å². The number of nitrogens with zero attached hydrogens (tertiary/aromatic N) is 3. The number of aliphatic carboxylic acids is 1. The van der Waals surface area contributed by atoms with Gasteiger partial charge in [0.15, 0.2) is 0 Å².